The van der Waals surface area contributed by atoms with Crippen LogP contribution >= 0.6 is 11.6 Å². The van der Waals surface area contributed by atoms with E-state index in [1.165, 1.54) is 0 Å². The summed E-state index contributed by atoms with van der Waals surface area (Å²) >= 11 is 5.97. The van der Waals surface area contributed by atoms with Gasteiger partial charge in [-0.05, 0) is 61.0 Å². The Morgan fingerprint density at radius 2 is 1.73 bits per heavy atom. The second-order valence-corrected chi connectivity index (χ2v) is 6.18. The summed E-state index contributed by atoms with van der Waals surface area (Å²) in [6.45, 7) is 2.58. The lowest BCUT2D eigenvalue weighted by Crippen LogP contribution is -2.30. The molecule has 0 atom stereocenters. The average molecular weight is 363 g/mol. The van der Waals surface area contributed by atoms with Crippen LogP contribution in [0.5, 0.6) is 0 Å². The molecule has 0 saturated heterocycles. The van der Waals surface area contributed by atoms with Crippen molar-refractivity contribution in [2.75, 3.05) is 11.4 Å². The van der Waals surface area contributed by atoms with E-state index in [1.807, 2.05) is 73.7 Å². The molecule has 3 aromatic rings. The lowest BCUT2D eigenvalue weighted by atomic mass is 10.1. The number of nitrogens with zero attached hydrogens (tertiary/aromatic N) is 2. The van der Waals surface area contributed by atoms with Crippen LogP contribution in [0.1, 0.15) is 22.8 Å². The van der Waals surface area contributed by atoms with E-state index in [2.05, 4.69) is 4.99 Å². The fraction of sp³-hybridized carbons (Fsp3) is 0.0909. The molecule has 0 aliphatic heterocycles. The predicted octanol–water partition coefficient (Wildman–Crippen LogP) is 5.76. The first kappa shape index (κ1) is 17.9. The maximum absolute atomic E-state index is 12.8. The van der Waals surface area contributed by atoms with Gasteiger partial charge >= 0.3 is 0 Å². The van der Waals surface area contributed by atoms with E-state index < -0.39 is 0 Å². The normalized spacial score (nSPS) is 10.8. The number of aliphatic imine (C=N–C) groups is 1. The fourth-order valence-corrected chi connectivity index (χ4v) is 2.83. The Morgan fingerprint density at radius 3 is 2.38 bits per heavy atom. The van der Waals surface area contributed by atoms with Crippen molar-refractivity contribution in [3.63, 3.8) is 0 Å². The largest absolute Gasteiger partial charge is 0.309 e. The number of amides is 1. The standard InChI is InChI=1S/C22H19ClN2O/c1-2-25(21-9-4-3-5-10-21)22(26)18-11-13-20(14-12-18)24-16-17-7-6-8-19(23)15-17/h3-16H,2H2,1H3. The minimum Gasteiger partial charge on any atom is -0.309 e. The third-order valence-corrected chi connectivity index (χ3v) is 4.19. The molecule has 0 heterocycles. The first-order valence-corrected chi connectivity index (χ1v) is 8.82. The monoisotopic (exact) mass is 362 g/mol. The van der Waals surface area contributed by atoms with Crippen LogP contribution < -0.4 is 4.90 Å². The van der Waals surface area contributed by atoms with Gasteiger partial charge < -0.3 is 4.90 Å². The lowest BCUT2D eigenvalue weighted by molar-refractivity contribution is 0.0988. The number of anilines is 1. The zero-order valence-electron chi connectivity index (χ0n) is 14.5. The Bertz CT molecular complexity index is 905. The van der Waals surface area contributed by atoms with Crippen molar-refractivity contribution in [1.29, 1.82) is 0 Å². The molecule has 0 bridgehead atoms. The SMILES string of the molecule is CCN(C(=O)c1ccc(N=Cc2cccc(Cl)c2)cc1)c1ccccc1. The first-order valence-electron chi connectivity index (χ1n) is 8.44. The molecule has 4 heteroatoms. The molecule has 3 nitrogen and oxygen atoms in total. The number of hydrogen-bond acceptors (Lipinski definition) is 2. The van der Waals surface area contributed by atoms with Crippen LogP contribution in [-0.4, -0.2) is 18.7 Å². The van der Waals surface area contributed by atoms with E-state index in [4.69, 9.17) is 11.6 Å². The molecule has 0 aliphatic rings. The van der Waals surface area contributed by atoms with E-state index in [0.29, 0.717) is 17.1 Å². The van der Waals surface area contributed by atoms with Crippen LogP contribution in [0, 0.1) is 0 Å². The van der Waals surface area contributed by atoms with Gasteiger partial charge in [0.05, 0.1) is 5.69 Å². The van der Waals surface area contributed by atoms with Crippen LogP contribution in [0.2, 0.25) is 5.02 Å². The molecule has 0 unspecified atom stereocenters. The summed E-state index contributed by atoms with van der Waals surface area (Å²) in [5.41, 5.74) is 3.24. The molecule has 0 N–H and O–H groups in total. The Balaban J connectivity index is 1.75. The van der Waals surface area contributed by atoms with Crippen molar-refractivity contribution in [3.8, 4) is 0 Å². The highest BCUT2D eigenvalue weighted by Crippen LogP contribution is 2.19. The van der Waals surface area contributed by atoms with Crippen molar-refractivity contribution in [3.05, 3.63) is 95.0 Å². The van der Waals surface area contributed by atoms with Gasteiger partial charge in [-0.2, -0.15) is 0 Å². The lowest BCUT2D eigenvalue weighted by Gasteiger charge is -2.21. The van der Waals surface area contributed by atoms with Crippen molar-refractivity contribution in [2.24, 2.45) is 4.99 Å². The van der Waals surface area contributed by atoms with Crippen LogP contribution in [-0.2, 0) is 0 Å². The maximum Gasteiger partial charge on any atom is 0.258 e. The quantitative estimate of drug-likeness (QED) is 0.531. The summed E-state index contributed by atoms with van der Waals surface area (Å²) in [5, 5.41) is 0.676. The van der Waals surface area contributed by atoms with Crippen LogP contribution in [0.25, 0.3) is 0 Å². The molecule has 0 spiro atoms. The smallest absolute Gasteiger partial charge is 0.258 e. The number of carbonyl (C=O) groups excluding carboxylic acids is 1. The van der Waals surface area contributed by atoms with Gasteiger partial charge in [0.2, 0.25) is 0 Å². The third-order valence-electron chi connectivity index (χ3n) is 3.95. The molecule has 26 heavy (non-hydrogen) atoms. The zero-order valence-corrected chi connectivity index (χ0v) is 15.2. The average Bonchev–Trinajstić information content (AvgIpc) is 2.68. The van der Waals surface area contributed by atoms with Crippen molar-refractivity contribution in [2.45, 2.75) is 6.92 Å². The number of hydrogen-bond donors (Lipinski definition) is 0. The highest BCUT2D eigenvalue weighted by Gasteiger charge is 2.15. The van der Waals surface area contributed by atoms with Gasteiger partial charge in [0, 0.05) is 29.0 Å². The van der Waals surface area contributed by atoms with E-state index in [-0.39, 0.29) is 5.91 Å². The van der Waals surface area contributed by atoms with Crippen LogP contribution in [0.4, 0.5) is 11.4 Å². The van der Waals surface area contributed by atoms with Crippen LogP contribution in [0.3, 0.4) is 0 Å². The molecule has 0 saturated carbocycles. The molecule has 3 aromatic carbocycles. The molecule has 0 aromatic heterocycles. The Morgan fingerprint density at radius 1 is 1.00 bits per heavy atom. The number of halogens is 1. The van der Waals surface area contributed by atoms with Gasteiger partial charge in [-0.1, -0.05) is 41.9 Å². The summed E-state index contributed by atoms with van der Waals surface area (Å²) in [6.07, 6.45) is 1.75. The summed E-state index contributed by atoms with van der Waals surface area (Å²) in [5.74, 6) is -0.0240. The van der Waals surface area contributed by atoms with Gasteiger partial charge in [-0.15, -0.1) is 0 Å². The third kappa shape index (κ3) is 4.38. The topological polar surface area (TPSA) is 32.7 Å². The van der Waals surface area contributed by atoms with E-state index in [9.17, 15) is 4.79 Å². The second kappa shape index (κ2) is 8.45. The Labute approximate surface area is 158 Å². The summed E-state index contributed by atoms with van der Waals surface area (Å²) in [4.78, 5) is 19.0. The molecular weight excluding hydrogens is 344 g/mol. The fourth-order valence-electron chi connectivity index (χ4n) is 2.63. The van der Waals surface area contributed by atoms with Crippen LogP contribution in [0.15, 0.2) is 83.9 Å². The minimum absolute atomic E-state index is 0.0240. The van der Waals surface area contributed by atoms with E-state index in [0.717, 1.165) is 16.9 Å². The minimum atomic E-state index is -0.0240. The number of para-hydroxylation sites is 1. The highest BCUT2D eigenvalue weighted by molar-refractivity contribution is 6.30. The molecule has 0 radical (unpaired) electrons. The Kier molecular flexibility index (Phi) is 5.82. The summed E-state index contributed by atoms with van der Waals surface area (Å²) in [6, 6.07) is 24.5. The summed E-state index contributed by atoms with van der Waals surface area (Å²) in [7, 11) is 0. The number of rotatable bonds is 5. The highest BCUT2D eigenvalue weighted by atomic mass is 35.5. The van der Waals surface area contributed by atoms with Gasteiger partial charge in [0.1, 0.15) is 0 Å². The van der Waals surface area contributed by atoms with Gasteiger partial charge in [-0.25, -0.2) is 0 Å². The summed E-state index contributed by atoms with van der Waals surface area (Å²) < 4.78 is 0. The van der Waals surface area contributed by atoms with Crippen molar-refractivity contribution >= 4 is 35.1 Å². The Hall–Kier alpha value is -2.91. The molecule has 0 fully saturated rings. The molecule has 130 valence electrons. The zero-order chi connectivity index (χ0) is 18.4. The molecule has 0 aliphatic carbocycles. The number of benzene rings is 3. The van der Waals surface area contributed by atoms with Gasteiger partial charge in [-0.3, -0.25) is 9.79 Å². The van der Waals surface area contributed by atoms with Gasteiger partial charge in [0.25, 0.3) is 5.91 Å². The van der Waals surface area contributed by atoms with E-state index in [1.54, 1.807) is 23.2 Å². The molecule has 1 amide bonds. The molecule has 3 rings (SSSR count). The van der Waals surface area contributed by atoms with Gasteiger partial charge in [0.15, 0.2) is 0 Å². The van der Waals surface area contributed by atoms with E-state index >= 15 is 0 Å². The predicted molar refractivity (Wildman–Crippen MR) is 109 cm³/mol. The van der Waals surface area contributed by atoms with Crippen molar-refractivity contribution < 1.29 is 4.79 Å². The maximum atomic E-state index is 12.8. The van der Waals surface area contributed by atoms with Crippen molar-refractivity contribution in [1.82, 2.24) is 0 Å². The number of carbonyl (C=O) groups is 1. The second-order valence-electron chi connectivity index (χ2n) is 5.75. The molecular formula is C22H19ClN2O. The first-order chi connectivity index (χ1) is 12.7.